The molecule has 3 nitrogen and oxygen atoms in total. The molecule has 0 saturated heterocycles. The third-order valence-electron chi connectivity index (χ3n) is 1.99. The lowest BCUT2D eigenvalue weighted by Crippen LogP contribution is -2.15. The molecule has 1 aromatic rings. The topological polar surface area (TPSA) is 40.5 Å². The Labute approximate surface area is 108 Å². The minimum atomic E-state index is -0.889. The van der Waals surface area contributed by atoms with E-state index >= 15 is 0 Å². The number of halogens is 1. The van der Waals surface area contributed by atoms with Crippen molar-refractivity contribution in [2.45, 2.75) is 4.90 Å². The number of nitrogens with zero attached hydrogens (tertiary/aromatic N) is 1. The SMILES string of the molecule is CN(C)CCSc1cccc(Br)c1C(=O)O. The molecule has 0 unspecified atom stereocenters. The van der Waals surface area contributed by atoms with Gasteiger partial charge in [0.25, 0.3) is 0 Å². The molecule has 0 aromatic heterocycles. The van der Waals surface area contributed by atoms with Crippen molar-refractivity contribution in [1.82, 2.24) is 4.90 Å². The Bertz CT molecular complexity index is 382. The number of hydrogen-bond acceptors (Lipinski definition) is 3. The van der Waals surface area contributed by atoms with E-state index in [-0.39, 0.29) is 0 Å². The second-order valence-electron chi connectivity index (χ2n) is 3.57. The van der Waals surface area contributed by atoms with Crippen molar-refractivity contribution in [1.29, 1.82) is 0 Å². The first-order chi connectivity index (χ1) is 7.52. The number of carboxylic acid groups (broad SMARTS) is 1. The zero-order valence-corrected chi connectivity index (χ0v) is 11.6. The second kappa shape index (κ2) is 6.27. The van der Waals surface area contributed by atoms with Gasteiger partial charge in [-0.25, -0.2) is 4.79 Å². The fraction of sp³-hybridized carbons (Fsp3) is 0.364. The predicted molar refractivity (Wildman–Crippen MR) is 70.4 cm³/mol. The van der Waals surface area contributed by atoms with E-state index in [4.69, 9.17) is 5.11 Å². The van der Waals surface area contributed by atoms with Gasteiger partial charge in [0.1, 0.15) is 0 Å². The molecule has 88 valence electrons. The fourth-order valence-corrected chi connectivity index (χ4v) is 3.03. The smallest absolute Gasteiger partial charge is 0.337 e. The number of thioether (sulfide) groups is 1. The lowest BCUT2D eigenvalue weighted by molar-refractivity contribution is 0.0692. The highest BCUT2D eigenvalue weighted by Crippen LogP contribution is 2.28. The largest absolute Gasteiger partial charge is 0.478 e. The van der Waals surface area contributed by atoms with Gasteiger partial charge in [0.15, 0.2) is 0 Å². The average Bonchev–Trinajstić information content (AvgIpc) is 2.16. The first-order valence-electron chi connectivity index (χ1n) is 4.81. The van der Waals surface area contributed by atoms with Crippen LogP contribution in [0.2, 0.25) is 0 Å². The summed E-state index contributed by atoms with van der Waals surface area (Å²) in [6.07, 6.45) is 0. The monoisotopic (exact) mass is 303 g/mol. The molecule has 0 fully saturated rings. The van der Waals surface area contributed by atoms with Crippen LogP contribution in [0.25, 0.3) is 0 Å². The number of carboxylic acids is 1. The van der Waals surface area contributed by atoms with Crippen molar-refractivity contribution in [2.75, 3.05) is 26.4 Å². The number of benzene rings is 1. The second-order valence-corrected chi connectivity index (χ2v) is 5.56. The molecule has 0 amide bonds. The first-order valence-corrected chi connectivity index (χ1v) is 6.59. The molecule has 1 aromatic carbocycles. The van der Waals surface area contributed by atoms with Gasteiger partial charge in [-0.2, -0.15) is 0 Å². The van der Waals surface area contributed by atoms with Crippen LogP contribution in [0.15, 0.2) is 27.6 Å². The normalized spacial score (nSPS) is 10.8. The Hall–Kier alpha value is -0.520. The van der Waals surface area contributed by atoms with Crippen molar-refractivity contribution in [3.8, 4) is 0 Å². The summed E-state index contributed by atoms with van der Waals surface area (Å²) in [6.45, 7) is 0.927. The van der Waals surface area contributed by atoms with Crippen molar-refractivity contribution in [3.63, 3.8) is 0 Å². The van der Waals surface area contributed by atoms with Crippen LogP contribution in [0.5, 0.6) is 0 Å². The molecule has 0 bridgehead atoms. The molecule has 0 aliphatic heterocycles. The summed E-state index contributed by atoms with van der Waals surface area (Å²) in [6, 6.07) is 5.45. The lowest BCUT2D eigenvalue weighted by atomic mass is 10.2. The summed E-state index contributed by atoms with van der Waals surface area (Å²) in [5, 5.41) is 9.10. The Kier molecular flexibility index (Phi) is 5.31. The maximum absolute atomic E-state index is 11.1. The third-order valence-corrected chi connectivity index (χ3v) is 3.68. The Morgan fingerprint density at radius 1 is 1.50 bits per heavy atom. The quantitative estimate of drug-likeness (QED) is 0.849. The zero-order chi connectivity index (χ0) is 12.1. The molecule has 1 N–H and O–H groups in total. The number of carbonyl (C=O) groups is 1. The van der Waals surface area contributed by atoms with Gasteiger partial charge < -0.3 is 10.0 Å². The first kappa shape index (κ1) is 13.5. The van der Waals surface area contributed by atoms with Crippen LogP contribution in [0.1, 0.15) is 10.4 Å². The van der Waals surface area contributed by atoms with Crippen LogP contribution >= 0.6 is 27.7 Å². The van der Waals surface area contributed by atoms with Gasteiger partial charge in [-0.1, -0.05) is 6.07 Å². The van der Waals surface area contributed by atoms with E-state index in [1.807, 2.05) is 26.2 Å². The molecular weight excluding hydrogens is 290 g/mol. The van der Waals surface area contributed by atoms with E-state index in [2.05, 4.69) is 20.8 Å². The standard InChI is InChI=1S/C11H14BrNO2S/c1-13(2)6-7-16-9-5-3-4-8(12)10(9)11(14)15/h3-5H,6-7H2,1-2H3,(H,14,15). The Morgan fingerprint density at radius 2 is 2.19 bits per heavy atom. The summed E-state index contributed by atoms with van der Waals surface area (Å²) in [7, 11) is 4.00. The van der Waals surface area contributed by atoms with Gasteiger partial charge in [-0.05, 0) is 42.2 Å². The van der Waals surface area contributed by atoms with Crippen LogP contribution in [0, 0.1) is 0 Å². The van der Waals surface area contributed by atoms with Gasteiger partial charge in [0.2, 0.25) is 0 Å². The summed E-state index contributed by atoms with van der Waals surface area (Å²) in [5.74, 6) is -0.0103. The van der Waals surface area contributed by atoms with Crippen LogP contribution in [-0.2, 0) is 0 Å². The minimum absolute atomic E-state index is 0.353. The van der Waals surface area contributed by atoms with Crippen LogP contribution in [0.3, 0.4) is 0 Å². The average molecular weight is 304 g/mol. The number of hydrogen-bond donors (Lipinski definition) is 1. The van der Waals surface area contributed by atoms with E-state index in [0.29, 0.717) is 10.0 Å². The van der Waals surface area contributed by atoms with Crippen LogP contribution < -0.4 is 0 Å². The van der Waals surface area contributed by atoms with Gasteiger partial charge in [0.05, 0.1) is 5.56 Å². The molecular formula is C11H14BrNO2S. The molecule has 0 heterocycles. The fourth-order valence-electron chi connectivity index (χ4n) is 1.17. The lowest BCUT2D eigenvalue weighted by Gasteiger charge is -2.10. The maximum atomic E-state index is 11.1. The summed E-state index contributed by atoms with van der Waals surface area (Å²) in [5.41, 5.74) is 0.353. The highest BCUT2D eigenvalue weighted by molar-refractivity contribution is 9.10. The van der Waals surface area contributed by atoms with Gasteiger partial charge in [-0.3, -0.25) is 0 Å². The van der Waals surface area contributed by atoms with Gasteiger partial charge in [0, 0.05) is 21.7 Å². The molecule has 0 saturated carbocycles. The Balaban J connectivity index is 2.79. The summed E-state index contributed by atoms with van der Waals surface area (Å²) in [4.78, 5) is 14.0. The molecule has 0 aliphatic rings. The van der Waals surface area contributed by atoms with Gasteiger partial charge >= 0.3 is 5.97 Å². The molecule has 16 heavy (non-hydrogen) atoms. The maximum Gasteiger partial charge on any atom is 0.337 e. The molecule has 0 aliphatic carbocycles. The van der Waals surface area contributed by atoms with Crippen molar-refractivity contribution < 1.29 is 9.90 Å². The van der Waals surface area contributed by atoms with E-state index in [0.717, 1.165) is 17.2 Å². The van der Waals surface area contributed by atoms with Crippen molar-refractivity contribution in [3.05, 3.63) is 28.2 Å². The van der Waals surface area contributed by atoms with Crippen LogP contribution in [0.4, 0.5) is 0 Å². The van der Waals surface area contributed by atoms with Crippen molar-refractivity contribution >= 4 is 33.7 Å². The molecule has 5 heteroatoms. The summed E-state index contributed by atoms with van der Waals surface area (Å²) >= 11 is 4.83. The van der Waals surface area contributed by atoms with Crippen LogP contribution in [-0.4, -0.2) is 42.4 Å². The predicted octanol–water partition coefficient (Wildman–Crippen LogP) is 2.80. The third kappa shape index (κ3) is 3.81. The molecule has 0 atom stereocenters. The molecule has 0 radical (unpaired) electrons. The van der Waals surface area contributed by atoms with E-state index < -0.39 is 5.97 Å². The van der Waals surface area contributed by atoms with Gasteiger partial charge in [-0.15, -0.1) is 11.8 Å². The zero-order valence-electron chi connectivity index (χ0n) is 9.24. The van der Waals surface area contributed by atoms with E-state index in [9.17, 15) is 4.79 Å². The van der Waals surface area contributed by atoms with E-state index in [1.54, 1.807) is 17.8 Å². The Morgan fingerprint density at radius 3 is 2.75 bits per heavy atom. The number of aromatic carboxylic acids is 1. The highest BCUT2D eigenvalue weighted by atomic mass is 79.9. The molecule has 0 spiro atoms. The summed E-state index contributed by atoms with van der Waals surface area (Å²) < 4.78 is 0.634. The van der Waals surface area contributed by atoms with Crippen molar-refractivity contribution in [2.24, 2.45) is 0 Å². The highest BCUT2D eigenvalue weighted by Gasteiger charge is 2.13. The number of rotatable bonds is 5. The molecule has 1 rings (SSSR count). The minimum Gasteiger partial charge on any atom is -0.478 e. The van der Waals surface area contributed by atoms with E-state index in [1.165, 1.54) is 0 Å².